The summed E-state index contributed by atoms with van der Waals surface area (Å²) in [5.41, 5.74) is 1.17. The van der Waals surface area contributed by atoms with Gasteiger partial charge in [-0.15, -0.1) is 11.3 Å². The van der Waals surface area contributed by atoms with Gasteiger partial charge < -0.3 is 5.32 Å². The highest BCUT2D eigenvalue weighted by molar-refractivity contribution is 7.11. The Morgan fingerprint density at radius 3 is 2.75 bits per heavy atom. The second-order valence-corrected chi connectivity index (χ2v) is 4.90. The zero-order chi connectivity index (χ0) is 11.7. The summed E-state index contributed by atoms with van der Waals surface area (Å²) in [6.07, 6.45) is 3.35. The highest BCUT2D eigenvalue weighted by atomic mass is 32.1. The number of hydrogen-bond donors (Lipinski definition) is 1. The zero-order valence-corrected chi connectivity index (χ0v) is 10.1. The smallest absolute Gasteiger partial charge is 0.275 e. The fourth-order valence-corrected chi connectivity index (χ4v) is 2.23. The van der Waals surface area contributed by atoms with Crippen LogP contribution >= 0.6 is 11.3 Å². The van der Waals surface area contributed by atoms with E-state index in [-0.39, 0.29) is 5.91 Å². The first-order valence-corrected chi connectivity index (χ1v) is 5.62. The van der Waals surface area contributed by atoms with Crippen LogP contribution in [0.2, 0.25) is 0 Å². The molecule has 0 radical (unpaired) electrons. The molecule has 0 aromatic carbocycles. The molecule has 0 unspecified atom stereocenters. The largest absolute Gasteiger partial charge is 0.318 e. The van der Waals surface area contributed by atoms with Gasteiger partial charge in [-0.3, -0.25) is 9.48 Å². The van der Waals surface area contributed by atoms with Gasteiger partial charge in [0.05, 0.1) is 16.9 Å². The van der Waals surface area contributed by atoms with Crippen molar-refractivity contribution in [2.75, 3.05) is 5.32 Å². The number of anilines is 1. The van der Waals surface area contributed by atoms with Crippen LogP contribution in [0.25, 0.3) is 0 Å². The quantitative estimate of drug-likeness (QED) is 0.864. The van der Waals surface area contributed by atoms with E-state index in [0.717, 1.165) is 9.88 Å². The van der Waals surface area contributed by atoms with Crippen LogP contribution in [0.3, 0.4) is 0 Å². The Bertz CT molecular complexity index is 529. The van der Waals surface area contributed by atoms with E-state index >= 15 is 0 Å². The SMILES string of the molecule is Cc1nc(C(=O)Nc2cnn(C)c2)c(C)s1. The van der Waals surface area contributed by atoms with Gasteiger partial charge in [0.15, 0.2) is 0 Å². The molecular formula is C10H12N4OS. The molecule has 2 rings (SSSR count). The number of nitrogens with zero attached hydrogens (tertiary/aromatic N) is 3. The molecule has 84 valence electrons. The molecule has 0 aliphatic heterocycles. The molecule has 0 saturated heterocycles. The number of aryl methyl sites for hydroxylation is 3. The minimum absolute atomic E-state index is 0.185. The van der Waals surface area contributed by atoms with E-state index in [9.17, 15) is 4.79 Å². The fraction of sp³-hybridized carbons (Fsp3) is 0.300. The molecule has 1 N–H and O–H groups in total. The number of amides is 1. The molecule has 0 aliphatic carbocycles. The van der Waals surface area contributed by atoms with Gasteiger partial charge in [-0.25, -0.2) is 4.98 Å². The third-order valence-corrected chi connectivity index (χ3v) is 2.97. The molecule has 5 nitrogen and oxygen atoms in total. The van der Waals surface area contributed by atoms with Crippen LogP contribution in [0, 0.1) is 13.8 Å². The highest BCUT2D eigenvalue weighted by Gasteiger charge is 2.14. The van der Waals surface area contributed by atoms with E-state index in [1.54, 1.807) is 24.1 Å². The molecule has 0 bridgehead atoms. The molecule has 2 heterocycles. The van der Waals surface area contributed by atoms with Crippen molar-refractivity contribution < 1.29 is 4.79 Å². The molecule has 0 spiro atoms. The number of rotatable bonds is 2. The van der Waals surface area contributed by atoms with Crippen LogP contribution in [-0.4, -0.2) is 20.7 Å². The van der Waals surface area contributed by atoms with Gasteiger partial charge in [0.25, 0.3) is 5.91 Å². The number of thiazole rings is 1. The summed E-state index contributed by atoms with van der Waals surface area (Å²) >= 11 is 1.52. The van der Waals surface area contributed by atoms with Gasteiger partial charge in [0.2, 0.25) is 0 Å². The second kappa shape index (κ2) is 4.05. The van der Waals surface area contributed by atoms with Crippen molar-refractivity contribution in [3.63, 3.8) is 0 Å². The van der Waals surface area contributed by atoms with Crippen molar-refractivity contribution in [2.24, 2.45) is 7.05 Å². The van der Waals surface area contributed by atoms with Crippen LogP contribution in [0.15, 0.2) is 12.4 Å². The van der Waals surface area contributed by atoms with Crippen molar-refractivity contribution in [3.05, 3.63) is 28.0 Å². The van der Waals surface area contributed by atoms with E-state index in [4.69, 9.17) is 0 Å². The zero-order valence-electron chi connectivity index (χ0n) is 9.31. The van der Waals surface area contributed by atoms with Crippen LogP contribution in [0.5, 0.6) is 0 Å². The Balaban J connectivity index is 2.17. The first-order chi connectivity index (χ1) is 7.56. The van der Waals surface area contributed by atoms with Gasteiger partial charge in [-0.2, -0.15) is 5.10 Å². The Kier molecular flexibility index (Phi) is 2.74. The highest BCUT2D eigenvalue weighted by Crippen LogP contribution is 2.17. The van der Waals surface area contributed by atoms with Gasteiger partial charge >= 0.3 is 0 Å². The van der Waals surface area contributed by atoms with Gasteiger partial charge in [-0.05, 0) is 13.8 Å². The molecule has 6 heteroatoms. The van der Waals surface area contributed by atoms with Crippen LogP contribution in [-0.2, 0) is 7.05 Å². The number of carbonyl (C=O) groups excluding carboxylic acids is 1. The van der Waals surface area contributed by atoms with E-state index in [1.165, 1.54) is 11.3 Å². The van der Waals surface area contributed by atoms with Crippen LogP contribution < -0.4 is 5.32 Å². The van der Waals surface area contributed by atoms with Crippen molar-refractivity contribution in [2.45, 2.75) is 13.8 Å². The normalized spacial score (nSPS) is 10.4. The lowest BCUT2D eigenvalue weighted by Crippen LogP contribution is -2.13. The maximum Gasteiger partial charge on any atom is 0.275 e. The summed E-state index contributed by atoms with van der Waals surface area (Å²) in [5, 5.41) is 7.63. The summed E-state index contributed by atoms with van der Waals surface area (Å²) in [5.74, 6) is -0.185. The van der Waals surface area contributed by atoms with Crippen molar-refractivity contribution in [1.29, 1.82) is 0 Å². The van der Waals surface area contributed by atoms with Crippen LogP contribution in [0.4, 0.5) is 5.69 Å². The lowest BCUT2D eigenvalue weighted by molar-refractivity contribution is 0.102. The van der Waals surface area contributed by atoms with E-state index in [2.05, 4.69) is 15.4 Å². The standard InChI is InChI=1S/C10H12N4OS/c1-6-9(12-7(2)16-6)10(15)13-8-4-11-14(3)5-8/h4-5H,1-3H3,(H,13,15). The van der Waals surface area contributed by atoms with Crippen LogP contribution in [0.1, 0.15) is 20.4 Å². The molecule has 0 aliphatic rings. The maximum absolute atomic E-state index is 11.9. The van der Waals surface area contributed by atoms with Crippen molar-refractivity contribution in [1.82, 2.24) is 14.8 Å². The molecule has 0 fully saturated rings. The first-order valence-electron chi connectivity index (χ1n) is 4.80. The average Bonchev–Trinajstić information content (AvgIpc) is 2.73. The average molecular weight is 236 g/mol. The Hall–Kier alpha value is -1.69. The maximum atomic E-state index is 11.9. The lowest BCUT2D eigenvalue weighted by Gasteiger charge is -1.99. The lowest BCUT2D eigenvalue weighted by atomic mass is 10.3. The fourth-order valence-electron chi connectivity index (χ4n) is 1.42. The predicted molar refractivity (Wildman–Crippen MR) is 62.7 cm³/mol. The minimum Gasteiger partial charge on any atom is -0.318 e. The Morgan fingerprint density at radius 1 is 1.50 bits per heavy atom. The molecule has 2 aromatic rings. The summed E-state index contributed by atoms with van der Waals surface area (Å²) in [4.78, 5) is 17.0. The molecule has 0 atom stereocenters. The predicted octanol–water partition coefficient (Wildman–Crippen LogP) is 1.75. The number of hydrogen-bond acceptors (Lipinski definition) is 4. The third-order valence-electron chi connectivity index (χ3n) is 2.08. The van der Waals surface area contributed by atoms with E-state index in [0.29, 0.717) is 11.4 Å². The molecule has 1 amide bonds. The Labute approximate surface area is 97.1 Å². The molecule has 0 saturated carbocycles. The van der Waals surface area contributed by atoms with Crippen molar-refractivity contribution in [3.8, 4) is 0 Å². The first kappa shape index (κ1) is 10.8. The molecular weight excluding hydrogens is 224 g/mol. The Morgan fingerprint density at radius 2 is 2.25 bits per heavy atom. The second-order valence-electron chi connectivity index (χ2n) is 3.49. The summed E-state index contributed by atoms with van der Waals surface area (Å²) in [7, 11) is 1.80. The minimum atomic E-state index is -0.185. The van der Waals surface area contributed by atoms with E-state index in [1.807, 2.05) is 13.8 Å². The number of carbonyl (C=O) groups is 1. The summed E-state index contributed by atoms with van der Waals surface area (Å²) in [6, 6.07) is 0. The third kappa shape index (κ3) is 2.11. The van der Waals surface area contributed by atoms with Gasteiger partial charge in [-0.1, -0.05) is 0 Å². The summed E-state index contributed by atoms with van der Waals surface area (Å²) < 4.78 is 1.63. The van der Waals surface area contributed by atoms with Crippen molar-refractivity contribution >= 4 is 22.9 Å². The van der Waals surface area contributed by atoms with Gasteiger partial charge in [0.1, 0.15) is 5.69 Å². The number of nitrogens with one attached hydrogen (secondary N) is 1. The van der Waals surface area contributed by atoms with Gasteiger partial charge in [0, 0.05) is 18.1 Å². The number of aromatic nitrogens is 3. The summed E-state index contributed by atoms with van der Waals surface area (Å²) in [6.45, 7) is 3.78. The van der Waals surface area contributed by atoms with E-state index < -0.39 is 0 Å². The monoisotopic (exact) mass is 236 g/mol. The topological polar surface area (TPSA) is 59.8 Å². The molecule has 2 aromatic heterocycles. The molecule has 16 heavy (non-hydrogen) atoms.